The Hall–Kier alpha value is -13.1. The Morgan fingerprint density at radius 2 is 0.885 bits per heavy atom. The van der Waals surface area contributed by atoms with E-state index in [0.717, 1.165) is 28.3 Å². The van der Waals surface area contributed by atoms with Crippen LogP contribution in [0.4, 0.5) is 0 Å². The monoisotopic (exact) mass is 1410 g/mol. The van der Waals surface area contributed by atoms with Crippen LogP contribution in [-0.2, 0) is 20.7 Å². The van der Waals surface area contributed by atoms with E-state index in [4.69, 9.17) is 50.4 Å². The van der Waals surface area contributed by atoms with Gasteiger partial charge in [0.15, 0.2) is 11.2 Å². The van der Waals surface area contributed by atoms with Crippen molar-refractivity contribution in [2.24, 2.45) is 0 Å². The van der Waals surface area contributed by atoms with Gasteiger partial charge in [-0.1, -0.05) is 174 Å². The van der Waals surface area contributed by atoms with Crippen LogP contribution in [0.5, 0.6) is 23.0 Å². The molecule has 0 bridgehead atoms. The number of rotatable bonds is 22. The molecule has 1 N–H and O–H groups in total. The number of carbonyl (C=O) groups excluding carboxylic acids is 2. The first-order chi connectivity index (χ1) is 50.7. The fraction of sp³-hybridized carbons (Fsp3) is 0.0750. The third-order valence-electron chi connectivity index (χ3n) is 17.0. The quantitative estimate of drug-likeness (QED) is 0.0165. The van der Waals surface area contributed by atoms with E-state index in [1.807, 2.05) is 189 Å². The van der Waals surface area contributed by atoms with Gasteiger partial charge >= 0.3 is 36.2 Å². The maximum atomic E-state index is 14.1. The van der Waals surface area contributed by atoms with E-state index in [0.29, 0.717) is 89.9 Å². The summed E-state index contributed by atoms with van der Waals surface area (Å²) in [7, 11) is -7.28. The van der Waals surface area contributed by atoms with E-state index >= 15 is 0 Å². The van der Waals surface area contributed by atoms with Crippen LogP contribution in [0.25, 0.3) is 71.6 Å². The summed E-state index contributed by atoms with van der Waals surface area (Å²) in [6, 6.07) is 84.1. The fourth-order valence-electron chi connectivity index (χ4n) is 12.6. The predicted molar refractivity (Wildman–Crippen MR) is 397 cm³/mol. The SMILES string of the molecule is O=S(=O)=O.[C-]#[N+]/C(c1nc2ccccc2o1)=c1\c2c(-c3ccc(OC(=O)c4ccc(OCCC)cc4)cc3)n(B(c3ccccc3)c3ccccc3)/c(=C(/C#N)c3nc4ccccc4o3)c2c(-c2ccc(OC(=O)c3ccc(OCCCS(=O)(=O)O)cc3)cc2)n1B(c1ccccc1)c1ccccc1. The molecule has 0 aliphatic carbocycles. The minimum Gasteiger partial charge on any atom is -0.494 e. The van der Waals surface area contributed by atoms with Crippen molar-refractivity contribution >= 4 is 112 Å². The summed E-state index contributed by atoms with van der Waals surface area (Å²) in [6.07, 6.45) is 0.877. The molecule has 24 heteroatoms. The Labute approximate surface area is 598 Å². The second-order valence-electron chi connectivity index (χ2n) is 23.7. The summed E-state index contributed by atoms with van der Waals surface area (Å²) in [4.78, 5) is 42.9. The van der Waals surface area contributed by atoms with Crippen LogP contribution in [0, 0.1) is 17.9 Å². The standard InChI is InChI=1S/C80H58B2N6O11S.O3S/c1-3-49-94-61-41-37-55(38-42-61)79(89)97-64-47-35-54(36-48-64)74-71-70(75(65(52-83)77-85-66-29-16-18-31-68(66)98-77)87(74)81(57-21-8-4-9-22-57)58-23-10-5-11-24-58)73(53-33-45-63(46-34-53)96-80(90)56-39-43-62(44-40-56)95-50-20-51-100(91,92)93)88(82(59-25-12-6-13-26-59)60-27-14-7-15-28-60)76(71)72(84-2)78-86-67-30-17-19-32-69(67)99-78;1-4(2)3/h4-19,21-48H,3,20,49-51H2,1H3,(H,91,92,93);/b75-65-,76-72+;. The smallest absolute Gasteiger partial charge is 0.425 e. The molecule has 0 aliphatic rings. The normalized spacial score (nSPS) is 11.7. The van der Waals surface area contributed by atoms with Crippen LogP contribution < -0.4 is 51.5 Å². The van der Waals surface area contributed by atoms with Crippen molar-refractivity contribution in [1.29, 1.82) is 5.26 Å². The lowest BCUT2D eigenvalue weighted by Gasteiger charge is -2.24. The first-order valence-electron chi connectivity index (χ1n) is 32.8. The van der Waals surface area contributed by atoms with Crippen molar-refractivity contribution < 1.29 is 63.0 Å². The molecule has 0 amide bonds. The molecular weight excluding hydrogens is 1350 g/mol. The minimum atomic E-state index is -4.16. The number of oxazole rings is 2. The maximum Gasteiger partial charge on any atom is 0.425 e. The van der Waals surface area contributed by atoms with Gasteiger partial charge in [0.25, 0.3) is 15.8 Å². The second-order valence-corrected chi connectivity index (χ2v) is 25.7. The number of nitriles is 1. The zero-order chi connectivity index (χ0) is 72.3. The fourth-order valence-corrected chi connectivity index (χ4v) is 13.0. The van der Waals surface area contributed by atoms with E-state index < -0.39 is 52.1 Å². The summed E-state index contributed by atoms with van der Waals surface area (Å²) >= 11 is 0. The van der Waals surface area contributed by atoms with E-state index in [9.17, 15) is 34.4 Å². The highest BCUT2D eigenvalue weighted by Crippen LogP contribution is 2.39. The van der Waals surface area contributed by atoms with Crippen LogP contribution in [-0.4, -0.2) is 89.1 Å². The Bertz CT molecular complexity index is 5710. The number of aromatic nitrogens is 4. The van der Waals surface area contributed by atoms with Gasteiger partial charge in [-0.25, -0.2) is 24.4 Å². The van der Waals surface area contributed by atoms with Gasteiger partial charge in [-0.3, -0.25) is 4.55 Å². The van der Waals surface area contributed by atoms with Gasteiger partial charge in [0.2, 0.25) is 11.8 Å². The predicted octanol–water partition coefficient (Wildman–Crippen LogP) is 11.0. The van der Waals surface area contributed by atoms with Crippen LogP contribution in [0.15, 0.2) is 276 Å². The summed E-state index contributed by atoms with van der Waals surface area (Å²) < 4.78 is 98.6. The molecule has 0 spiro atoms. The van der Waals surface area contributed by atoms with Gasteiger partial charge in [-0.2, -0.15) is 13.7 Å². The molecule has 4 heterocycles. The van der Waals surface area contributed by atoms with Gasteiger partial charge in [-0.15, -0.1) is 12.6 Å². The number of fused-ring (bicyclic) bond motifs is 3. The van der Waals surface area contributed by atoms with Crippen LogP contribution in [0.3, 0.4) is 0 Å². The molecule has 104 heavy (non-hydrogen) atoms. The molecule has 0 aliphatic heterocycles. The Morgan fingerprint density at radius 1 is 0.519 bits per heavy atom. The molecule has 0 atom stereocenters. The number of nitrogens with zero attached hydrogens (tertiary/aromatic N) is 6. The Morgan fingerprint density at radius 3 is 1.28 bits per heavy atom. The van der Waals surface area contributed by atoms with E-state index in [1.165, 1.54) is 12.1 Å². The average molecular weight is 1410 g/mol. The highest BCUT2D eigenvalue weighted by molar-refractivity contribution is 7.85. The highest BCUT2D eigenvalue weighted by atomic mass is 32.2. The lowest BCUT2D eigenvalue weighted by atomic mass is 9.50. The highest BCUT2D eigenvalue weighted by Gasteiger charge is 2.38. The topological polar surface area (TPSA) is 267 Å². The number of benzene rings is 10. The number of para-hydroxylation sites is 4. The van der Waals surface area contributed by atoms with Crippen molar-refractivity contribution in [3.63, 3.8) is 0 Å². The molecule has 510 valence electrons. The summed E-state index contributed by atoms with van der Waals surface area (Å²) in [5.41, 5.74) is 7.84. The second kappa shape index (κ2) is 31.2. The lowest BCUT2D eigenvalue weighted by molar-refractivity contribution is 0.0725. The van der Waals surface area contributed by atoms with E-state index in [1.54, 1.807) is 72.8 Å². The molecule has 4 aromatic heterocycles. The number of ether oxygens (including phenoxy) is 4. The number of carbonyl (C=O) groups is 2. The zero-order valence-corrected chi connectivity index (χ0v) is 57.0. The van der Waals surface area contributed by atoms with Crippen molar-refractivity contribution in [2.75, 3.05) is 19.0 Å². The zero-order valence-electron chi connectivity index (χ0n) is 55.3. The number of esters is 2. The van der Waals surface area contributed by atoms with Crippen LogP contribution in [0.1, 0.15) is 52.3 Å². The summed E-state index contributed by atoms with van der Waals surface area (Å²) in [6.45, 7) is 10.7. The molecule has 0 unspecified atom stereocenters. The third-order valence-corrected chi connectivity index (χ3v) is 17.8. The van der Waals surface area contributed by atoms with Crippen molar-refractivity contribution in [1.82, 2.24) is 18.9 Å². The molecular formula is C80H58B2N6O14S2. The Kier molecular flexibility index (Phi) is 20.8. The maximum absolute atomic E-state index is 14.1. The Balaban J connectivity index is 0.00000234. The molecule has 20 nitrogen and oxygen atoms in total. The molecule has 0 saturated heterocycles. The molecule has 14 aromatic rings. The number of hydrogen-bond donors (Lipinski definition) is 1. The van der Waals surface area contributed by atoms with Crippen molar-refractivity contribution in [2.45, 2.75) is 19.8 Å². The van der Waals surface area contributed by atoms with Gasteiger partial charge in [0, 0.05) is 22.2 Å². The van der Waals surface area contributed by atoms with E-state index in [-0.39, 0.29) is 53.1 Å². The van der Waals surface area contributed by atoms with Gasteiger partial charge < -0.3 is 36.7 Å². The van der Waals surface area contributed by atoms with Crippen molar-refractivity contribution in [3.05, 3.63) is 312 Å². The molecule has 0 fully saturated rings. The first kappa shape index (κ1) is 69.4. The van der Waals surface area contributed by atoms with Gasteiger partial charge in [-0.05, 0) is 145 Å². The van der Waals surface area contributed by atoms with E-state index in [2.05, 4.69) is 19.9 Å². The summed E-state index contributed by atoms with van der Waals surface area (Å²) in [5.74, 6) is -0.297. The third kappa shape index (κ3) is 15.1. The first-order valence-corrected chi connectivity index (χ1v) is 35.4. The van der Waals surface area contributed by atoms with Crippen LogP contribution >= 0.6 is 0 Å². The van der Waals surface area contributed by atoms with Crippen molar-refractivity contribution in [3.8, 4) is 51.6 Å². The molecule has 0 radical (unpaired) electrons. The average Bonchev–Trinajstić information content (AvgIpc) is 1.52. The van der Waals surface area contributed by atoms with Crippen LogP contribution in [0.2, 0.25) is 0 Å². The molecule has 0 saturated carbocycles. The largest absolute Gasteiger partial charge is 0.494 e. The lowest BCUT2D eigenvalue weighted by Crippen LogP contribution is -2.54. The summed E-state index contributed by atoms with van der Waals surface area (Å²) in [5, 5.41) is 14.1. The van der Waals surface area contributed by atoms with Gasteiger partial charge in [0.05, 0.1) is 47.4 Å². The van der Waals surface area contributed by atoms with Gasteiger partial charge in [0.1, 0.15) is 45.7 Å². The number of hydrogen-bond acceptors (Lipinski definition) is 16. The molecule has 14 rings (SSSR count). The minimum absolute atomic E-state index is 0.0117. The molecule has 10 aromatic carbocycles.